The second-order valence-corrected chi connectivity index (χ2v) is 8.84. The highest BCUT2D eigenvalue weighted by Gasteiger charge is 2.31. The van der Waals surface area contributed by atoms with E-state index < -0.39 is 12.1 Å². The lowest BCUT2D eigenvalue weighted by atomic mass is 10.1. The molecule has 9 heteroatoms. The zero-order valence-corrected chi connectivity index (χ0v) is 20.2. The Bertz CT molecular complexity index is 1070. The molecule has 33 heavy (non-hydrogen) atoms. The lowest BCUT2D eigenvalue weighted by Crippen LogP contribution is -2.30. The molecular formula is C24H25NO6S2. The maximum Gasteiger partial charge on any atom is 0.344 e. The predicted octanol–water partition coefficient (Wildman–Crippen LogP) is 4.39. The van der Waals surface area contributed by atoms with Gasteiger partial charge in [-0.2, -0.15) is 0 Å². The standard InChI is InChI=1S/C24H25NO6S2/c1-4-30-20-13-17(7-10-19(20)31-15(2)23(27)28)14-21-22(26)25(24(32)33-21)12-11-16-5-8-18(29-3)9-6-16/h5-10,13-15H,4,11-12H2,1-3H3,(H,27,28)/b21-14+. The fourth-order valence-electron chi connectivity index (χ4n) is 3.10. The second-order valence-electron chi connectivity index (χ2n) is 7.17. The van der Waals surface area contributed by atoms with Crippen molar-refractivity contribution in [2.24, 2.45) is 0 Å². The van der Waals surface area contributed by atoms with Crippen LogP contribution in [0.4, 0.5) is 0 Å². The first-order chi connectivity index (χ1) is 15.8. The molecule has 0 aliphatic carbocycles. The third kappa shape index (κ3) is 6.27. The van der Waals surface area contributed by atoms with Crippen LogP contribution in [-0.4, -0.2) is 52.6 Å². The van der Waals surface area contributed by atoms with Gasteiger partial charge in [0.25, 0.3) is 5.91 Å². The zero-order chi connectivity index (χ0) is 24.0. The van der Waals surface area contributed by atoms with E-state index in [-0.39, 0.29) is 5.91 Å². The lowest BCUT2D eigenvalue weighted by Gasteiger charge is -2.15. The number of ether oxygens (including phenoxy) is 3. The van der Waals surface area contributed by atoms with Crippen molar-refractivity contribution >= 4 is 46.3 Å². The quantitative estimate of drug-likeness (QED) is 0.390. The van der Waals surface area contributed by atoms with Gasteiger partial charge in [-0.1, -0.05) is 42.2 Å². The van der Waals surface area contributed by atoms with Crippen LogP contribution in [0.5, 0.6) is 17.2 Å². The number of hydrogen-bond acceptors (Lipinski definition) is 7. The van der Waals surface area contributed by atoms with E-state index >= 15 is 0 Å². The molecule has 1 aliphatic heterocycles. The minimum Gasteiger partial charge on any atom is -0.497 e. The number of amides is 1. The molecular weight excluding hydrogens is 462 g/mol. The molecule has 1 atom stereocenters. The summed E-state index contributed by atoms with van der Waals surface area (Å²) in [5, 5.41) is 9.09. The van der Waals surface area contributed by atoms with Crippen molar-refractivity contribution in [1.29, 1.82) is 0 Å². The third-order valence-corrected chi connectivity index (χ3v) is 6.25. The van der Waals surface area contributed by atoms with E-state index in [1.165, 1.54) is 18.7 Å². The number of thioether (sulfide) groups is 1. The fourth-order valence-corrected chi connectivity index (χ4v) is 4.41. The normalized spacial score (nSPS) is 15.6. The van der Waals surface area contributed by atoms with Gasteiger partial charge >= 0.3 is 5.97 Å². The highest BCUT2D eigenvalue weighted by molar-refractivity contribution is 8.26. The average molecular weight is 488 g/mol. The number of carboxylic acid groups (broad SMARTS) is 1. The van der Waals surface area contributed by atoms with Gasteiger partial charge in [0.15, 0.2) is 17.6 Å². The van der Waals surface area contributed by atoms with Gasteiger partial charge in [-0.3, -0.25) is 9.69 Å². The molecule has 0 spiro atoms. The second kappa shape index (κ2) is 11.2. The first-order valence-electron chi connectivity index (χ1n) is 10.4. The van der Waals surface area contributed by atoms with Crippen LogP contribution in [0.2, 0.25) is 0 Å². The van der Waals surface area contributed by atoms with E-state index in [4.69, 9.17) is 31.5 Å². The summed E-state index contributed by atoms with van der Waals surface area (Å²) in [4.78, 5) is 26.2. The first kappa shape index (κ1) is 24.6. The van der Waals surface area contributed by atoms with Gasteiger partial charge in [0.2, 0.25) is 0 Å². The van der Waals surface area contributed by atoms with Crippen LogP contribution in [0.15, 0.2) is 47.4 Å². The largest absolute Gasteiger partial charge is 0.497 e. The molecule has 1 fully saturated rings. The number of carboxylic acids is 1. The number of thiocarbonyl (C=S) groups is 1. The van der Waals surface area contributed by atoms with Crippen LogP contribution in [0.3, 0.4) is 0 Å². The van der Waals surface area contributed by atoms with E-state index in [9.17, 15) is 9.59 Å². The lowest BCUT2D eigenvalue weighted by molar-refractivity contribution is -0.144. The molecule has 1 N–H and O–H groups in total. The summed E-state index contributed by atoms with van der Waals surface area (Å²) >= 11 is 6.69. The average Bonchev–Trinajstić information content (AvgIpc) is 3.06. The van der Waals surface area contributed by atoms with Crippen molar-refractivity contribution in [1.82, 2.24) is 4.90 Å². The number of carbonyl (C=O) groups is 2. The molecule has 1 amide bonds. The smallest absolute Gasteiger partial charge is 0.344 e. The van der Waals surface area contributed by atoms with Gasteiger partial charge in [0, 0.05) is 6.54 Å². The summed E-state index contributed by atoms with van der Waals surface area (Å²) in [6.07, 6.45) is 1.41. The van der Waals surface area contributed by atoms with Gasteiger partial charge in [0.05, 0.1) is 18.6 Å². The summed E-state index contributed by atoms with van der Waals surface area (Å²) < 4.78 is 16.8. The number of rotatable bonds is 10. The Morgan fingerprint density at radius 1 is 1.21 bits per heavy atom. The van der Waals surface area contributed by atoms with Crippen molar-refractivity contribution in [2.45, 2.75) is 26.4 Å². The fraction of sp³-hybridized carbons (Fsp3) is 0.292. The van der Waals surface area contributed by atoms with Crippen LogP contribution in [0, 0.1) is 0 Å². The molecule has 3 rings (SSSR count). The number of benzene rings is 2. The minimum atomic E-state index is -1.07. The molecule has 2 aromatic carbocycles. The molecule has 7 nitrogen and oxygen atoms in total. The maximum absolute atomic E-state index is 12.9. The molecule has 1 unspecified atom stereocenters. The number of nitrogens with zero attached hydrogens (tertiary/aromatic N) is 1. The molecule has 2 aromatic rings. The van der Waals surface area contributed by atoms with Gasteiger partial charge in [-0.25, -0.2) is 4.79 Å². The van der Waals surface area contributed by atoms with Crippen LogP contribution in [0.25, 0.3) is 6.08 Å². The maximum atomic E-state index is 12.9. The minimum absolute atomic E-state index is 0.142. The highest BCUT2D eigenvalue weighted by atomic mass is 32.2. The summed E-state index contributed by atoms with van der Waals surface area (Å²) in [7, 11) is 1.62. The monoisotopic (exact) mass is 487 g/mol. The Hall–Kier alpha value is -3.04. The van der Waals surface area contributed by atoms with Crippen LogP contribution in [0.1, 0.15) is 25.0 Å². The van der Waals surface area contributed by atoms with Gasteiger partial charge < -0.3 is 19.3 Å². The summed E-state index contributed by atoms with van der Waals surface area (Å²) in [6.45, 7) is 4.14. The number of methoxy groups -OCH3 is 1. The Morgan fingerprint density at radius 2 is 1.94 bits per heavy atom. The van der Waals surface area contributed by atoms with E-state index in [1.54, 1.807) is 36.3 Å². The van der Waals surface area contributed by atoms with E-state index in [0.29, 0.717) is 40.3 Å². The van der Waals surface area contributed by atoms with Crippen LogP contribution >= 0.6 is 24.0 Å². The molecule has 0 aromatic heterocycles. The Kier molecular flexibility index (Phi) is 8.35. The summed E-state index contributed by atoms with van der Waals surface area (Å²) in [6, 6.07) is 12.8. The Labute approximate surface area is 202 Å². The topological polar surface area (TPSA) is 85.3 Å². The van der Waals surface area contributed by atoms with Gasteiger partial charge in [-0.15, -0.1) is 0 Å². The van der Waals surface area contributed by atoms with Crippen molar-refractivity contribution < 1.29 is 28.9 Å². The zero-order valence-electron chi connectivity index (χ0n) is 18.6. The highest BCUT2D eigenvalue weighted by Crippen LogP contribution is 2.35. The molecule has 0 radical (unpaired) electrons. The van der Waals surface area contributed by atoms with Crippen LogP contribution < -0.4 is 14.2 Å². The Balaban J connectivity index is 1.73. The SMILES string of the molecule is CCOc1cc(/C=C2/SC(=S)N(CCc3ccc(OC)cc3)C2=O)ccc1OC(C)C(=O)O. The van der Waals surface area contributed by atoms with Crippen LogP contribution in [-0.2, 0) is 16.0 Å². The number of aliphatic carboxylic acids is 1. The molecule has 1 aliphatic rings. The van der Waals surface area contributed by atoms with Crippen molar-refractivity contribution in [3.05, 3.63) is 58.5 Å². The van der Waals surface area contributed by atoms with E-state index in [1.807, 2.05) is 31.2 Å². The van der Waals surface area contributed by atoms with Gasteiger partial charge in [-0.05, 0) is 61.7 Å². The molecule has 1 saturated heterocycles. The van der Waals surface area contributed by atoms with E-state index in [0.717, 1.165) is 16.9 Å². The van der Waals surface area contributed by atoms with Crippen molar-refractivity contribution in [2.75, 3.05) is 20.3 Å². The first-order valence-corrected chi connectivity index (χ1v) is 11.6. The molecule has 0 bridgehead atoms. The molecule has 174 valence electrons. The summed E-state index contributed by atoms with van der Waals surface area (Å²) in [5.74, 6) is 0.314. The molecule has 0 saturated carbocycles. The third-order valence-electron chi connectivity index (χ3n) is 4.87. The van der Waals surface area contributed by atoms with E-state index in [2.05, 4.69) is 0 Å². The predicted molar refractivity (Wildman–Crippen MR) is 132 cm³/mol. The molecule has 1 heterocycles. The van der Waals surface area contributed by atoms with Crippen molar-refractivity contribution in [3.63, 3.8) is 0 Å². The number of carbonyl (C=O) groups excluding carboxylic acids is 1. The summed E-state index contributed by atoms with van der Waals surface area (Å²) in [5.41, 5.74) is 1.81. The van der Waals surface area contributed by atoms with Crippen molar-refractivity contribution in [3.8, 4) is 17.2 Å². The van der Waals surface area contributed by atoms with Gasteiger partial charge in [0.1, 0.15) is 10.1 Å². The Morgan fingerprint density at radius 3 is 2.58 bits per heavy atom. The number of hydrogen-bond donors (Lipinski definition) is 1.